The Hall–Kier alpha value is -3.43. The maximum atomic E-state index is 12.6. The SMILES string of the molecule is Nc1c(-c2nc3ccc(OCCN4CCOCC4)cc3[nH]2)c(=O)[nH]c2cnccc12. The highest BCUT2D eigenvalue weighted by atomic mass is 16.5. The Morgan fingerprint density at radius 1 is 1.17 bits per heavy atom. The minimum atomic E-state index is -0.311. The van der Waals surface area contributed by atoms with Gasteiger partial charge in [-0.25, -0.2) is 4.98 Å². The number of ether oxygens (including phenoxy) is 2. The molecule has 154 valence electrons. The van der Waals surface area contributed by atoms with E-state index in [2.05, 4.69) is 24.8 Å². The molecule has 30 heavy (non-hydrogen) atoms. The maximum absolute atomic E-state index is 12.6. The number of imidazole rings is 1. The summed E-state index contributed by atoms with van der Waals surface area (Å²) in [6.45, 7) is 4.87. The van der Waals surface area contributed by atoms with Crippen molar-refractivity contribution in [3.05, 3.63) is 47.0 Å². The van der Waals surface area contributed by atoms with Gasteiger partial charge < -0.3 is 25.2 Å². The number of nitrogen functional groups attached to an aromatic ring is 1. The van der Waals surface area contributed by atoms with Crippen molar-refractivity contribution < 1.29 is 9.47 Å². The lowest BCUT2D eigenvalue weighted by Gasteiger charge is -2.26. The molecule has 0 spiro atoms. The number of nitrogens with zero attached hydrogens (tertiary/aromatic N) is 3. The Labute approximate surface area is 171 Å². The van der Waals surface area contributed by atoms with Crippen LogP contribution in [0.3, 0.4) is 0 Å². The zero-order chi connectivity index (χ0) is 20.5. The number of anilines is 1. The fourth-order valence-electron chi connectivity index (χ4n) is 3.72. The van der Waals surface area contributed by atoms with Gasteiger partial charge in [-0.05, 0) is 18.2 Å². The molecule has 0 radical (unpaired) electrons. The van der Waals surface area contributed by atoms with Crippen LogP contribution >= 0.6 is 0 Å². The first-order valence-electron chi connectivity index (χ1n) is 9.87. The number of H-pyrrole nitrogens is 2. The van der Waals surface area contributed by atoms with Crippen LogP contribution < -0.4 is 16.0 Å². The number of aromatic nitrogens is 4. The molecule has 4 N–H and O–H groups in total. The summed E-state index contributed by atoms with van der Waals surface area (Å²) >= 11 is 0. The van der Waals surface area contributed by atoms with E-state index in [0.29, 0.717) is 29.2 Å². The van der Waals surface area contributed by atoms with E-state index in [1.165, 1.54) is 0 Å². The van der Waals surface area contributed by atoms with E-state index in [-0.39, 0.29) is 5.56 Å². The van der Waals surface area contributed by atoms with Crippen LogP contribution in [0.25, 0.3) is 33.3 Å². The fourth-order valence-corrected chi connectivity index (χ4v) is 3.72. The monoisotopic (exact) mass is 406 g/mol. The van der Waals surface area contributed by atoms with Crippen molar-refractivity contribution >= 4 is 27.6 Å². The Kier molecular flexibility index (Phi) is 4.82. The highest BCUT2D eigenvalue weighted by Crippen LogP contribution is 2.28. The molecule has 0 bridgehead atoms. The number of morpholine rings is 1. The Balaban J connectivity index is 1.40. The first kappa shape index (κ1) is 18.6. The third-order valence-electron chi connectivity index (χ3n) is 5.33. The number of fused-ring (bicyclic) bond motifs is 2. The molecule has 1 saturated heterocycles. The van der Waals surface area contributed by atoms with E-state index in [1.54, 1.807) is 18.5 Å². The zero-order valence-corrected chi connectivity index (χ0v) is 16.4. The van der Waals surface area contributed by atoms with Crippen LogP contribution in [0.1, 0.15) is 0 Å². The van der Waals surface area contributed by atoms with Gasteiger partial charge in [0.15, 0.2) is 0 Å². The Morgan fingerprint density at radius 2 is 2.03 bits per heavy atom. The maximum Gasteiger partial charge on any atom is 0.261 e. The number of benzene rings is 1. The Bertz CT molecular complexity index is 1260. The normalized spacial score (nSPS) is 15.1. The van der Waals surface area contributed by atoms with Crippen LogP contribution in [-0.4, -0.2) is 64.3 Å². The van der Waals surface area contributed by atoms with E-state index in [9.17, 15) is 4.79 Å². The summed E-state index contributed by atoms with van der Waals surface area (Å²) in [5.74, 6) is 1.17. The molecular formula is C21H22N6O3. The van der Waals surface area contributed by atoms with Gasteiger partial charge >= 0.3 is 0 Å². The lowest BCUT2D eigenvalue weighted by molar-refractivity contribution is 0.0322. The number of nitrogens with one attached hydrogen (secondary N) is 2. The molecule has 1 aromatic carbocycles. The van der Waals surface area contributed by atoms with Gasteiger partial charge in [-0.1, -0.05) is 0 Å². The third kappa shape index (κ3) is 3.49. The molecule has 0 aliphatic carbocycles. The second-order valence-electron chi connectivity index (χ2n) is 7.23. The minimum absolute atomic E-state index is 0.311. The van der Waals surface area contributed by atoms with Crippen LogP contribution in [0.5, 0.6) is 5.75 Å². The Morgan fingerprint density at radius 3 is 2.90 bits per heavy atom. The summed E-state index contributed by atoms with van der Waals surface area (Å²) in [7, 11) is 0. The number of hydrogen-bond acceptors (Lipinski definition) is 7. The zero-order valence-electron chi connectivity index (χ0n) is 16.4. The summed E-state index contributed by atoms with van der Waals surface area (Å²) in [5, 5.41) is 0.729. The number of hydrogen-bond donors (Lipinski definition) is 3. The van der Waals surface area contributed by atoms with Crippen molar-refractivity contribution in [2.24, 2.45) is 0 Å². The quantitative estimate of drug-likeness (QED) is 0.462. The van der Waals surface area contributed by atoms with Gasteiger partial charge in [0.1, 0.15) is 23.7 Å². The molecule has 0 atom stereocenters. The van der Waals surface area contributed by atoms with Gasteiger partial charge in [-0.15, -0.1) is 0 Å². The van der Waals surface area contributed by atoms with Gasteiger partial charge in [0.2, 0.25) is 0 Å². The number of pyridine rings is 2. The van der Waals surface area contributed by atoms with Crippen molar-refractivity contribution in [1.82, 2.24) is 24.8 Å². The molecule has 9 heteroatoms. The summed E-state index contributed by atoms with van der Waals surface area (Å²) < 4.78 is 11.3. The number of aromatic amines is 2. The average molecular weight is 406 g/mol. The number of rotatable bonds is 5. The second kappa shape index (κ2) is 7.77. The molecular weight excluding hydrogens is 384 g/mol. The van der Waals surface area contributed by atoms with Gasteiger partial charge in [-0.2, -0.15) is 0 Å². The molecule has 4 aromatic rings. The predicted molar refractivity (Wildman–Crippen MR) is 115 cm³/mol. The summed E-state index contributed by atoms with van der Waals surface area (Å²) in [6, 6.07) is 7.41. The highest BCUT2D eigenvalue weighted by Gasteiger charge is 2.16. The molecule has 0 unspecified atom stereocenters. The average Bonchev–Trinajstić information content (AvgIpc) is 3.17. The van der Waals surface area contributed by atoms with Crippen LogP contribution in [0, 0.1) is 0 Å². The lowest BCUT2D eigenvalue weighted by Crippen LogP contribution is -2.38. The molecule has 3 aromatic heterocycles. The second-order valence-corrected chi connectivity index (χ2v) is 7.23. The van der Waals surface area contributed by atoms with E-state index in [1.807, 2.05) is 18.2 Å². The van der Waals surface area contributed by atoms with E-state index in [4.69, 9.17) is 15.2 Å². The van der Waals surface area contributed by atoms with Crippen LogP contribution in [0.2, 0.25) is 0 Å². The van der Waals surface area contributed by atoms with Gasteiger partial charge in [0.25, 0.3) is 5.56 Å². The lowest BCUT2D eigenvalue weighted by atomic mass is 10.1. The topological polar surface area (TPSA) is 122 Å². The van der Waals surface area contributed by atoms with E-state index in [0.717, 1.165) is 55.0 Å². The molecule has 0 amide bonds. The first-order valence-corrected chi connectivity index (χ1v) is 9.87. The third-order valence-corrected chi connectivity index (χ3v) is 5.33. The standard InChI is InChI=1S/C21H22N6O3/c22-19-14-3-4-23-12-17(14)26-21(28)18(19)20-24-15-2-1-13(11-16(15)25-20)30-10-7-27-5-8-29-9-6-27/h1-4,11-12H,5-10H2,(H,24,25)(H3,22,26,28). The van der Waals surface area contributed by atoms with Crippen LogP contribution in [0.4, 0.5) is 5.69 Å². The molecule has 5 rings (SSSR count). The first-order chi connectivity index (χ1) is 14.7. The van der Waals surface area contributed by atoms with Crippen molar-refractivity contribution in [2.75, 3.05) is 45.2 Å². The van der Waals surface area contributed by atoms with Crippen molar-refractivity contribution in [3.8, 4) is 17.1 Å². The predicted octanol–water partition coefficient (Wildman–Crippen LogP) is 1.76. The molecule has 4 heterocycles. The molecule has 9 nitrogen and oxygen atoms in total. The van der Waals surface area contributed by atoms with E-state index < -0.39 is 0 Å². The van der Waals surface area contributed by atoms with Gasteiger partial charge in [0.05, 0.1) is 41.6 Å². The van der Waals surface area contributed by atoms with Gasteiger partial charge in [-0.3, -0.25) is 14.7 Å². The van der Waals surface area contributed by atoms with Crippen molar-refractivity contribution in [2.45, 2.75) is 0 Å². The minimum Gasteiger partial charge on any atom is -0.492 e. The molecule has 0 saturated carbocycles. The smallest absolute Gasteiger partial charge is 0.261 e. The largest absolute Gasteiger partial charge is 0.492 e. The molecule has 1 aliphatic heterocycles. The summed E-state index contributed by atoms with van der Waals surface area (Å²) in [4.78, 5) is 29.6. The van der Waals surface area contributed by atoms with Crippen LogP contribution in [-0.2, 0) is 4.74 Å². The van der Waals surface area contributed by atoms with Crippen molar-refractivity contribution in [1.29, 1.82) is 0 Å². The van der Waals surface area contributed by atoms with Gasteiger partial charge in [0, 0.05) is 37.3 Å². The fraction of sp³-hybridized carbons (Fsp3) is 0.286. The molecule has 1 aliphatic rings. The summed E-state index contributed by atoms with van der Waals surface area (Å²) in [5.41, 5.74) is 8.78. The number of nitrogens with two attached hydrogens (primary N) is 1. The van der Waals surface area contributed by atoms with Crippen molar-refractivity contribution in [3.63, 3.8) is 0 Å². The van der Waals surface area contributed by atoms with E-state index >= 15 is 0 Å². The van der Waals surface area contributed by atoms with Crippen LogP contribution in [0.15, 0.2) is 41.5 Å². The summed E-state index contributed by atoms with van der Waals surface area (Å²) in [6.07, 6.45) is 3.22. The molecule has 1 fully saturated rings. The highest BCUT2D eigenvalue weighted by molar-refractivity contribution is 5.97.